The van der Waals surface area contributed by atoms with Gasteiger partial charge in [0.2, 0.25) is 0 Å². The summed E-state index contributed by atoms with van der Waals surface area (Å²) in [7, 11) is -4.64. The Labute approximate surface area is 180 Å². The lowest BCUT2D eigenvalue weighted by Crippen LogP contribution is -2.61. The number of carbonyl (C=O) groups is 2. The summed E-state index contributed by atoms with van der Waals surface area (Å²) in [6, 6.07) is 0. The highest BCUT2D eigenvalue weighted by Gasteiger charge is 2.67. The Kier molecular flexibility index (Phi) is 6.30. The average molecular weight is 458 g/mol. The zero-order valence-electron chi connectivity index (χ0n) is 17.6. The number of rotatable bonds is 2. The molecule has 9 nitrogen and oxygen atoms in total. The van der Waals surface area contributed by atoms with E-state index in [2.05, 4.69) is 6.92 Å². The lowest BCUT2D eigenvalue weighted by Gasteiger charge is -2.59. The first-order valence-electron chi connectivity index (χ1n) is 10.4. The summed E-state index contributed by atoms with van der Waals surface area (Å²) in [5, 5.41) is 31.7. The largest absolute Gasteiger partial charge is 0.466 e. The van der Waals surface area contributed by atoms with Gasteiger partial charge in [-0.05, 0) is 56.1 Å². The van der Waals surface area contributed by atoms with Crippen LogP contribution in [-0.2, 0) is 14.2 Å². The van der Waals surface area contributed by atoms with Crippen LogP contribution in [0.25, 0.3) is 0 Å². The summed E-state index contributed by atoms with van der Waals surface area (Å²) in [4.78, 5) is 45.7. The highest BCUT2D eigenvalue weighted by molar-refractivity contribution is 7.45. The molecule has 0 aromatic rings. The van der Waals surface area contributed by atoms with Crippen LogP contribution < -0.4 is 0 Å². The van der Waals surface area contributed by atoms with E-state index in [0.717, 1.165) is 24.8 Å². The van der Waals surface area contributed by atoms with Gasteiger partial charge >= 0.3 is 7.82 Å². The molecule has 4 rings (SSSR count). The maximum Gasteiger partial charge on any atom is 0.466 e. The molecule has 174 valence electrons. The lowest BCUT2D eigenvalue weighted by atomic mass is 9.46. The Bertz CT molecular complexity index is 868. The smallest absolute Gasteiger partial charge is 0.393 e. The van der Waals surface area contributed by atoms with E-state index in [4.69, 9.17) is 19.2 Å². The monoisotopic (exact) mass is 458 g/mol. The quantitative estimate of drug-likeness (QED) is 0.325. The van der Waals surface area contributed by atoms with Gasteiger partial charge in [-0.2, -0.15) is 0 Å². The van der Waals surface area contributed by atoms with Gasteiger partial charge in [0, 0.05) is 16.7 Å². The van der Waals surface area contributed by atoms with Crippen LogP contribution in [0.4, 0.5) is 0 Å². The number of hydrogen-bond donors (Lipinski definition) is 6. The molecule has 0 aromatic carbocycles. The summed E-state index contributed by atoms with van der Waals surface area (Å²) < 4.78 is 8.88. The number of fused-ring (bicyclic) bond motifs is 5. The summed E-state index contributed by atoms with van der Waals surface area (Å²) >= 11 is 0. The predicted octanol–water partition coefficient (Wildman–Crippen LogP) is 0.629. The standard InChI is InChI=1S/C21H28O5.H3O4P/c1-19-7-5-13(23)9-12(19)3-4-14-15-6-8-21(26,17(25)11-22)20(15,2)10-16(24)18(14)19;1-5(2,3)4/h5,7,9,14-16,18,22,24,26H,3-4,6,8,10-11H2,1-2H3;(H3,1,2,3,4)/t14-,15-,16-,18+,19-,20-,21-;/m0./s1. The topological polar surface area (TPSA) is 173 Å². The van der Waals surface area contributed by atoms with Crippen molar-refractivity contribution in [3.8, 4) is 0 Å². The molecule has 0 bridgehead atoms. The van der Waals surface area contributed by atoms with Crippen LogP contribution in [0.3, 0.4) is 0 Å². The highest BCUT2D eigenvalue weighted by Crippen LogP contribution is 2.67. The fourth-order valence-corrected chi connectivity index (χ4v) is 6.92. The highest BCUT2D eigenvalue weighted by atomic mass is 31.2. The molecule has 0 aliphatic heterocycles. The maximum atomic E-state index is 12.4. The van der Waals surface area contributed by atoms with Gasteiger partial charge in [-0.1, -0.05) is 25.5 Å². The molecule has 10 heteroatoms. The minimum atomic E-state index is -4.64. The zero-order chi connectivity index (χ0) is 23.4. The number of hydrogen-bond acceptors (Lipinski definition) is 6. The molecule has 0 radical (unpaired) electrons. The first kappa shape index (κ1) is 24.5. The molecule has 4 aliphatic carbocycles. The Balaban J connectivity index is 0.000000491. The van der Waals surface area contributed by atoms with Crippen LogP contribution in [0.1, 0.15) is 46.0 Å². The molecule has 0 heterocycles. The second kappa shape index (κ2) is 7.99. The van der Waals surface area contributed by atoms with Crippen molar-refractivity contribution in [2.24, 2.45) is 28.6 Å². The van der Waals surface area contributed by atoms with Gasteiger partial charge in [-0.3, -0.25) is 9.59 Å². The zero-order valence-corrected chi connectivity index (χ0v) is 18.5. The van der Waals surface area contributed by atoms with Crippen molar-refractivity contribution in [2.45, 2.75) is 57.7 Å². The Hall–Kier alpha value is -1.19. The number of ketones is 2. The van der Waals surface area contributed by atoms with Crippen LogP contribution in [-0.4, -0.2) is 59.9 Å². The van der Waals surface area contributed by atoms with E-state index in [9.17, 15) is 24.9 Å². The summed E-state index contributed by atoms with van der Waals surface area (Å²) in [5.41, 5.74) is -1.54. The number of carbonyl (C=O) groups excluding carboxylic acids is 2. The van der Waals surface area contributed by atoms with Crippen LogP contribution in [0, 0.1) is 28.6 Å². The summed E-state index contributed by atoms with van der Waals surface area (Å²) in [5.74, 6) is -0.227. The van der Waals surface area contributed by atoms with Crippen molar-refractivity contribution >= 4 is 19.4 Å². The van der Waals surface area contributed by atoms with Crippen molar-refractivity contribution in [3.63, 3.8) is 0 Å². The molecule has 3 saturated carbocycles. The molecule has 4 aliphatic rings. The fraction of sp³-hybridized carbons (Fsp3) is 0.714. The minimum absolute atomic E-state index is 0.00912. The molecule has 6 N–H and O–H groups in total. The maximum absolute atomic E-state index is 12.4. The lowest BCUT2D eigenvalue weighted by molar-refractivity contribution is -0.178. The normalized spacial score (nSPS) is 43.7. The van der Waals surface area contributed by atoms with Gasteiger partial charge in [0.05, 0.1) is 6.10 Å². The molecule has 0 aromatic heterocycles. The summed E-state index contributed by atoms with van der Waals surface area (Å²) in [6.07, 6.45) is 7.68. The van der Waals surface area contributed by atoms with E-state index < -0.39 is 37.3 Å². The third kappa shape index (κ3) is 4.02. The molecule has 0 unspecified atom stereocenters. The number of phosphoric acid groups is 1. The molecule has 0 amide bonds. The van der Waals surface area contributed by atoms with E-state index >= 15 is 0 Å². The van der Waals surface area contributed by atoms with Crippen LogP contribution in [0.15, 0.2) is 23.8 Å². The minimum Gasteiger partial charge on any atom is -0.393 e. The van der Waals surface area contributed by atoms with Gasteiger partial charge in [0.25, 0.3) is 0 Å². The second-order valence-electron chi connectivity index (χ2n) is 9.71. The molecule has 31 heavy (non-hydrogen) atoms. The number of aliphatic hydroxyl groups excluding tert-OH is 2. The third-order valence-corrected chi connectivity index (χ3v) is 8.25. The van der Waals surface area contributed by atoms with E-state index in [1.807, 2.05) is 13.0 Å². The first-order chi connectivity index (χ1) is 14.2. The molecular formula is C21H31O9P. The van der Waals surface area contributed by atoms with Crippen molar-refractivity contribution < 1.29 is 44.2 Å². The molecule has 0 saturated heterocycles. The summed E-state index contributed by atoms with van der Waals surface area (Å²) in [6.45, 7) is 3.34. The van der Waals surface area contributed by atoms with Gasteiger partial charge in [-0.15, -0.1) is 0 Å². The van der Waals surface area contributed by atoms with Gasteiger partial charge in [0.1, 0.15) is 12.2 Å². The number of aliphatic hydroxyl groups is 3. The Morgan fingerprint density at radius 3 is 2.42 bits per heavy atom. The van der Waals surface area contributed by atoms with E-state index in [0.29, 0.717) is 12.8 Å². The molecule has 0 spiro atoms. The van der Waals surface area contributed by atoms with Gasteiger partial charge in [-0.25, -0.2) is 4.57 Å². The van der Waals surface area contributed by atoms with Crippen molar-refractivity contribution in [1.82, 2.24) is 0 Å². The van der Waals surface area contributed by atoms with Crippen molar-refractivity contribution in [2.75, 3.05) is 6.61 Å². The second-order valence-corrected chi connectivity index (χ2v) is 10.7. The van der Waals surface area contributed by atoms with E-state index in [1.54, 1.807) is 12.2 Å². The van der Waals surface area contributed by atoms with Gasteiger partial charge < -0.3 is 30.0 Å². The Morgan fingerprint density at radius 1 is 1.23 bits per heavy atom. The number of allylic oxidation sites excluding steroid dienone is 4. The molecule has 3 fully saturated rings. The van der Waals surface area contributed by atoms with Crippen LogP contribution >= 0.6 is 7.82 Å². The fourth-order valence-electron chi connectivity index (χ4n) is 6.92. The van der Waals surface area contributed by atoms with Crippen LogP contribution in [0.2, 0.25) is 0 Å². The van der Waals surface area contributed by atoms with Gasteiger partial charge in [0.15, 0.2) is 11.6 Å². The average Bonchev–Trinajstić information content (AvgIpc) is 2.91. The van der Waals surface area contributed by atoms with Crippen molar-refractivity contribution in [1.29, 1.82) is 0 Å². The SMILES string of the molecule is C[C@]12C=CC(=O)C=C1CC[C@@H]1[C@@H]2[C@@H](O)C[C@@]2(C)[C@H]1CC[C@]2(O)C(=O)CO.O=P(O)(O)O. The first-order valence-corrected chi connectivity index (χ1v) is 12.0. The van der Waals surface area contributed by atoms with Crippen LogP contribution in [0.5, 0.6) is 0 Å². The van der Waals surface area contributed by atoms with Crippen molar-refractivity contribution in [3.05, 3.63) is 23.8 Å². The molecule has 7 atom stereocenters. The number of Topliss-reactive ketones (excluding diaryl/α,β-unsaturated/α-hetero) is 1. The third-order valence-electron chi connectivity index (χ3n) is 8.25. The van der Waals surface area contributed by atoms with E-state index in [1.165, 1.54) is 0 Å². The van der Waals surface area contributed by atoms with E-state index in [-0.39, 0.29) is 29.0 Å². The molecular weight excluding hydrogens is 427 g/mol. The Morgan fingerprint density at radius 2 is 1.84 bits per heavy atom. The predicted molar refractivity (Wildman–Crippen MR) is 109 cm³/mol.